The molecule has 0 heterocycles. The highest BCUT2D eigenvalue weighted by Crippen LogP contribution is 2.25. The monoisotopic (exact) mass is 310 g/mol. The first-order valence-corrected chi connectivity index (χ1v) is 6.55. The zero-order valence-corrected chi connectivity index (χ0v) is 12.1. The minimum absolute atomic E-state index is 0.00996. The van der Waals surface area contributed by atoms with Gasteiger partial charge in [-0.05, 0) is 18.2 Å². The molecule has 0 radical (unpaired) electrons. The average molecular weight is 310 g/mol. The lowest BCUT2D eigenvalue weighted by molar-refractivity contribution is 0.505. The first kappa shape index (κ1) is 15.3. The molecule has 0 amide bonds. The second kappa shape index (κ2) is 6.13. The van der Waals surface area contributed by atoms with Crippen LogP contribution in [-0.4, -0.2) is 12.0 Å². The molecular weight excluding hydrogens is 297 g/mol. The van der Waals surface area contributed by atoms with Crippen molar-refractivity contribution in [2.75, 3.05) is 11.9 Å². The van der Waals surface area contributed by atoms with E-state index in [-0.39, 0.29) is 22.8 Å². The summed E-state index contributed by atoms with van der Waals surface area (Å²) < 4.78 is 41.5. The molecule has 0 saturated heterocycles. The van der Waals surface area contributed by atoms with Gasteiger partial charge in [0, 0.05) is 24.7 Å². The van der Waals surface area contributed by atoms with Crippen LogP contribution in [0.2, 0.25) is 0 Å². The van der Waals surface area contributed by atoms with Crippen molar-refractivity contribution in [3.8, 4) is 0 Å². The molecule has 2 aromatic carbocycles. The van der Waals surface area contributed by atoms with Crippen LogP contribution in [0.4, 0.5) is 18.9 Å². The molecule has 2 aromatic rings. The molecule has 0 atom stereocenters. The van der Waals surface area contributed by atoms with Gasteiger partial charge in [0.05, 0.1) is 5.69 Å². The van der Waals surface area contributed by atoms with E-state index in [9.17, 15) is 13.2 Å². The third-order valence-corrected chi connectivity index (χ3v) is 3.32. The van der Waals surface area contributed by atoms with Gasteiger partial charge in [-0.15, -0.1) is 0 Å². The minimum atomic E-state index is -1.10. The molecule has 0 aliphatic carbocycles. The highest BCUT2D eigenvalue weighted by molar-refractivity contribution is 7.80. The number of thiocarbonyl (C=S) groups is 1. The van der Waals surface area contributed by atoms with Crippen molar-refractivity contribution >= 4 is 22.9 Å². The molecule has 0 spiro atoms. The second-order valence-electron chi connectivity index (χ2n) is 4.57. The smallest absolute Gasteiger partial charge is 0.182 e. The second-order valence-corrected chi connectivity index (χ2v) is 5.01. The zero-order valence-electron chi connectivity index (χ0n) is 11.2. The fourth-order valence-corrected chi connectivity index (χ4v) is 2.15. The van der Waals surface area contributed by atoms with Gasteiger partial charge in [-0.3, -0.25) is 0 Å². The molecule has 0 fully saturated rings. The Morgan fingerprint density at radius 2 is 1.76 bits per heavy atom. The zero-order chi connectivity index (χ0) is 15.6. The molecule has 0 unspecified atom stereocenters. The van der Waals surface area contributed by atoms with E-state index in [0.29, 0.717) is 5.56 Å². The van der Waals surface area contributed by atoms with Gasteiger partial charge in [0.25, 0.3) is 0 Å². The third kappa shape index (κ3) is 3.16. The largest absolute Gasteiger partial charge is 0.389 e. The van der Waals surface area contributed by atoms with Crippen molar-refractivity contribution < 1.29 is 13.2 Å². The van der Waals surface area contributed by atoms with Crippen molar-refractivity contribution in [2.45, 2.75) is 6.54 Å². The molecule has 110 valence electrons. The van der Waals surface area contributed by atoms with Crippen LogP contribution >= 0.6 is 12.2 Å². The molecule has 2 rings (SSSR count). The van der Waals surface area contributed by atoms with Gasteiger partial charge >= 0.3 is 0 Å². The number of nitrogens with zero attached hydrogens (tertiary/aromatic N) is 1. The first-order valence-electron chi connectivity index (χ1n) is 6.14. The first-order chi connectivity index (χ1) is 9.91. The summed E-state index contributed by atoms with van der Waals surface area (Å²) in [5, 5.41) is 0. The number of hydrogen-bond donors (Lipinski definition) is 1. The lowest BCUT2D eigenvalue weighted by atomic mass is 10.1. The Labute approximate surface area is 126 Å². The van der Waals surface area contributed by atoms with Crippen LogP contribution in [0.15, 0.2) is 36.4 Å². The van der Waals surface area contributed by atoms with Crippen LogP contribution in [0.25, 0.3) is 0 Å². The Kier molecular flexibility index (Phi) is 4.47. The van der Waals surface area contributed by atoms with Crippen molar-refractivity contribution in [3.05, 3.63) is 65.0 Å². The average Bonchev–Trinajstić information content (AvgIpc) is 2.43. The molecule has 2 N–H and O–H groups in total. The summed E-state index contributed by atoms with van der Waals surface area (Å²) in [6, 6.07) is 8.83. The highest BCUT2D eigenvalue weighted by Gasteiger charge is 2.18. The van der Waals surface area contributed by atoms with Crippen LogP contribution in [0.1, 0.15) is 11.1 Å². The summed E-state index contributed by atoms with van der Waals surface area (Å²) >= 11 is 4.65. The number of hydrogen-bond acceptors (Lipinski definition) is 2. The van der Waals surface area contributed by atoms with Gasteiger partial charge in [-0.1, -0.05) is 30.4 Å². The number of rotatable bonds is 4. The van der Waals surface area contributed by atoms with Crippen LogP contribution in [0.3, 0.4) is 0 Å². The molecule has 0 aliphatic heterocycles. The lowest BCUT2D eigenvalue weighted by Gasteiger charge is -2.21. The number of benzene rings is 2. The normalized spacial score (nSPS) is 10.5. The maximum Gasteiger partial charge on any atom is 0.182 e. The molecule has 6 heteroatoms. The van der Waals surface area contributed by atoms with E-state index in [2.05, 4.69) is 12.2 Å². The topological polar surface area (TPSA) is 29.3 Å². The van der Waals surface area contributed by atoms with Gasteiger partial charge in [0.15, 0.2) is 11.6 Å². The van der Waals surface area contributed by atoms with E-state index in [4.69, 9.17) is 5.73 Å². The van der Waals surface area contributed by atoms with Gasteiger partial charge < -0.3 is 10.6 Å². The lowest BCUT2D eigenvalue weighted by Crippen LogP contribution is -2.20. The van der Waals surface area contributed by atoms with E-state index < -0.39 is 17.5 Å². The van der Waals surface area contributed by atoms with Gasteiger partial charge in [-0.25, -0.2) is 13.2 Å². The molecule has 0 aromatic heterocycles. The van der Waals surface area contributed by atoms with Crippen LogP contribution in [-0.2, 0) is 6.54 Å². The SMILES string of the molecule is CN(Cc1ccccc1F)c1ccc(C(N)=S)c(F)c1F. The van der Waals surface area contributed by atoms with Crippen LogP contribution in [0, 0.1) is 17.5 Å². The standard InChI is InChI=1S/C15H13F3N2S/c1-20(8-9-4-2-3-5-11(9)16)12-7-6-10(15(19)21)13(17)14(12)18/h2-7H,8H2,1H3,(H2,19,21). The van der Waals surface area contributed by atoms with E-state index in [1.165, 1.54) is 23.1 Å². The molecule has 21 heavy (non-hydrogen) atoms. The Balaban J connectivity index is 2.32. The predicted molar refractivity (Wildman–Crippen MR) is 80.8 cm³/mol. The number of halogens is 3. The Bertz CT molecular complexity index is 689. The fourth-order valence-electron chi connectivity index (χ4n) is 1.99. The maximum absolute atomic E-state index is 14.1. The number of anilines is 1. The maximum atomic E-state index is 14.1. The summed E-state index contributed by atoms with van der Waals surface area (Å²) in [5.41, 5.74) is 5.56. The summed E-state index contributed by atoms with van der Waals surface area (Å²) in [6.07, 6.45) is 0. The van der Waals surface area contributed by atoms with E-state index in [1.807, 2.05) is 0 Å². The van der Waals surface area contributed by atoms with Crippen LogP contribution in [0.5, 0.6) is 0 Å². The molecular formula is C15H13F3N2S. The van der Waals surface area contributed by atoms with Gasteiger partial charge in [0.1, 0.15) is 10.8 Å². The number of nitrogens with two attached hydrogens (primary N) is 1. The summed E-state index contributed by atoms with van der Waals surface area (Å²) in [6.45, 7) is 0.107. The minimum Gasteiger partial charge on any atom is -0.389 e. The quantitative estimate of drug-likeness (QED) is 0.878. The van der Waals surface area contributed by atoms with Crippen molar-refractivity contribution in [3.63, 3.8) is 0 Å². The van der Waals surface area contributed by atoms with Gasteiger partial charge in [-0.2, -0.15) is 0 Å². The van der Waals surface area contributed by atoms with Crippen molar-refractivity contribution in [1.29, 1.82) is 0 Å². The molecule has 0 bridgehead atoms. The molecule has 2 nitrogen and oxygen atoms in total. The van der Waals surface area contributed by atoms with E-state index in [1.54, 1.807) is 25.2 Å². The van der Waals surface area contributed by atoms with Crippen molar-refractivity contribution in [1.82, 2.24) is 0 Å². The van der Waals surface area contributed by atoms with Crippen LogP contribution < -0.4 is 10.6 Å². The van der Waals surface area contributed by atoms with Crippen molar-refractivity contribution in [2.24, 2.45) is 5.73 Å². The molecule has 0 aliphatic rings. The summed E-state index contributed by atoms with van der Waals surface area (Å²) in [7, 11) is 1.55. The third-order valence-electron chi connectivity index (χ3n) is 3.10. The highest BCUT2D eigenvalue weighted by atomic mass is 32.1. The van der Waals surface area contributed by atoms with Gasteiger partial charge in [0.2, 0.25) is 0 Å². The Morgan fingerprint density at radius 3 is 2.38 bits per heavy atom. The molecule has 0 saturated carbocycles. The summed E-state index contributed by atoms with van der Waals surface area (Å²) in [4.78, 5) is 1.20. The predicted octanol–water partition coefficient (Wildman–Crippen LogP) is 3.37. The Hall–Kier alpha value is -2.08. The summed E-state index contributed by atoms with van der Waals surface area (Å²) in [5.74, 6) is -2.55. The van der Waals surface area contributed by atoms with E-state index >= 15 is 0 Å². The van der Waals surface area contributed by atoms with E-state index in [0.717, 1.165) is 0 Å². The Morgan fingerprint density at radius 1 is 1.10 bits per heavy atom. The fraction of sp³-hybridized carbons (Fsp3) is 0.133.